The third-order valence-electron chi connectivity index (χ3n) is 4.93. The largest absolute Gasteiger partial charge is 0.382 e. The molecule has 0 bridgehead atoms. The molecular weight excluding hydrogens is 477 g/mol. The van der Waals surface area contributed by atoms with E-state index < -0.39 is 10.8 Å². The normalized spacial score (nSPS) is 13.5. The maximum Gasteiger partial charge on any atom is 0.232 e. The van der Waals surface area contributed by atoms with E-state index in [2.05, 4.69) is 26.1 Å². The van der Waals surface area contributed by atoms with Crippen molar-refractivity contribution in [2.24, 2.45) is 10.8 Å². The average Bonchev–Trinajstić information content (AvgIpc) is 2.70. The fourth-order valence-electron chi connectivity index (χ4n) is 2.89. The summed E-state index contributed by atoms with van der Waals surface area (Å²) in [5, 5.41) is 6.55. The molecular formula is C24H29Cl2N5O3. The van der Waals surface area contributed by atoms with Crippen molar-refractivity contribution in [2.45, 2.75) is 54.4 Å². The van der Waals surface area contributed by atoms with Crippen molar-refractivity contribution in [2.75, 3.05) is 10.6 Å². The first-order valence-electron chi connectivity index (χ1n) is 10.9. The third-order valence-corrected chi connectivity index (χ3v) is 5.37. The van der Waals surface area contributed by atoms with Gasteiger partial charge in [0.2, 0.25) is 17.8 Å². The second-order valence-corrected chi connectivity index (χ2v) is 11.0. The molecule has 0 fully saturated rings. The molecule has 1 aliphatic rings. The molecule has 34 heavy (non-hydrogen) atoms. The maximum absolute atomic E-state index is 12.7. The van der Waals surface area contributed by atoms with Crippen LogP contribution < -0.4 is 21.0 Å². The predicted molar refractivity (Wildman–Crippen MR) is 135 cm³/mol. The Morgan fingerprint density at radius 1 is 0.882 bits per heavy atom. The standard InChI is InChI=1S/C24H29Cl2N5O3/c1-23(2,3)20(32)28-19-17-12-15(31-34-16-10-13(25)9-14(26)11-16)7-8-18(17)27-22(29-19)30-21(33)24(4,5)6/h9-12,31H,7-8H2,1-6H3,(H2,27,28,29,30,32,33). The first kappa shape index (κ1) is 25.8. The van der Waals surface area contributed by atoms with E-state index in [1.54, 1.807) is 39.0 Å². The van der Waals surface area contributed by atoms with Gasteiger partial charge in [0, 0.05) is 38.6 Å². The van der Waals surface area contributed by atoms with Gasteiger partial charge in [0.05, 0.1) is 11.4 Å². The predicted octanol–water partition coefficient (Wildman–Crippen LogP) is 5.62. The van der Waals surface area contributed by atoms with Crippen molar-refractivity contribution in [3.63, 3.8) is 0 Å². The number of rotatable bonds is 5. The van der Waals surface area contributed by atoms with Crippen LogP contribution in [0.15, 0.2) is 23.9 Å². The van der Waals surface area contributed by atoms with Crippen LogP contribution in [0.5, 0.6) is 5.75 Å². The number of hydroxylamine groups is 1. The summed E-state index contributed by atoms with van der Waals surface area (Å²) < 4.78 is 0. The molecule has 3 N–H and O–H groups in total. The Bertz CT molecular complexity index is 1130. The molecule has 182 valence electrons. The number of nitrogens with one attached hydrogen (secondary N) is 3. The summed E-state index contributed by atoms with van der Waals surface area (Å²) in [7, 11) is 0. The van der Waals surface area contributed by atoms with Crippen LogP contribution >= 0.6 is 23.2 Å². The lowest BCUT2D eigenvalue weighted by Gasteiger charge is -2.23. The highest BCUT2D eigenvalue weighted by Crippen LogP contribution is 2.30. The number of carbonyl (C=O) groups is 2. The molecule has 0 unspecified atom stereocenters. The number of aromatic nitrogens is 2. The number of aryl methyl sites for hydroxylation is 1. The lowest BCUT2D eigenvalue weighted by Crippen LogP contribution is -2.31. The smallest absolute Gasteiger partial charge is 0.232 e. The number of hydrogen-bond acceptors (Lipinski definition) is 6. The Morgan fingerprint density at radius 2 is 1.47 bits per heavy atom. The number of halogens is 2. The van der Waals surface area contributed by atoms with Crippen LogP contribution in [0, 0.1) is 10.8 Å². The molecule has 0 radical (unpaired) electrons. The summed E-state index contributed by atoms with van der Waals surface area (Å²) in [6.07, 6.45) is 2.96. The number of hydrogen-bond donors (Lipinski definition) is 3. The quantitative estimate of drug-likeness (QED) is 0.455. The maximum atomic E-state index is 12.7. The van der Waals surface area contributed by atoms with Crippen LogP contribution in [-0.2, 0) is 16.0 Å². The summed E-state index contributed by atoms with van der Waals surface area (Å²) in [5.41, 5.74) is 3.77. The van der Waals surface area contributed by atoms with E-state index in [0.717, 1.165) is 5.70 Å². The van der Waals surface area contributed by atoms with Gasteiger partial charge in [-0.05, 0) is 25.0 Å². The van der Waals surface area contributed by atoms with Gasteiger partial charge in [-0.15, -0.1) is 0 Å². The average molecular weight is 506 g/mol. The highest BCUT2D eigenvalue weighted by atomic mass is 35.5. The molecule has 1 aromatic carbocycles. The van der Waals surface area contributed by atoms with E-state index in [1.807, 2.05) is 26.8 Å². The molecule has 10 heteroatoms. The molecule has 1 aliphatic carbocycles. The molecule has 0 saturated heterocycles. The topological polar surface area (TPSA) is 105 Å². The van der Waals surface area contributed by atoms with Gasteiger partial charge in [0.15, 0.2) is 5.75 Å². The van der Waals surface area contributed by atoms with Crippen LogP contribution in [0.3, 0.4) is 0 Å². The van der Waals surface area contributed by atoms with Crippen molar-refractivity contribution in [3.05, 3.63) is 45.2 Å². The summed E-state index contributed by atoms with van der Waals surface area (Å²) in [6.45, 7) is 10.8. The zero-order valence-corrected chi connectivity index (χ0v) is 21.6. The summed E-state index contributed by atoms with van der Waals surface area (Å²) >= 11 is 12.1. The minimum absolute atomic E-state index is 0.150. The number of nitrogens with zero attached hydrogens (tertiary/aromatic N) is 2. The van der Waals surface area contributed by atoms with Crippen molar-refractivity contribution in [3.8, 4) is 5.75 Å². The minimum Gasteiger partial charge on any atom is -0.382 e. The Labute approximate surface area is 209 Å². The lowest BCUT2D eigenvalue weighted by atomic mass is 9.95. The van der Waals surface area contributed by atoms with Crippen molar-refractivity contribution < 1.29 is 14.4 Å². The molecule has 0 aliphatic heterocycles. The fourth-order valence-corrected chi connectivity index (χ4v) is 3.39. The van der Waals surface area contributed by atoms with E-state index in [9.17, 15) is 9.59 Å². The SMILES string of the molecule is CC(C)(C)C(=O)Nc1nc2c(c(NC(=O)C(C)(C)C)n1)C=C(NOc1cc(Cl)cc(Cl)c1)CC2. The van der Waals surface area contributed by atoms with Crippen LogP contribution in [0.2, 0.25) is 10.0 Å². The minimum atomic E-state index is -0.638. The van der Waals surface area contributed by atoms with Gasteiger partial charge >= 0.3 is 0 Å². The Morgan fingerprint density at radius 3 is 2.06 bits per heavy atom. The van der Waals surface area contributed by atoms with E-state index >= 15 is 0 Å². The second-order valence-electron chi connectivity index (χ2n) is 10.1. The van der Waals surface area contributed by atoms with E-state index in [1.165, 1.54) is 0 Å². The van der Waals surface area contributed by atoms with Gasteiger partial charge in [-0.1, -0.05) is 64.7 Å². The number of fused-ring (bicyclic) bond motifs is 1. The zero-order valence-electron chi connectivity index (χ0n) is 20.1. The van der Waals surface area contributed by atoms with Crippen molar-refractivity contribution in [1.82, 2.24) is 15.4 Å². The molecule has 2 aromatic rings. The number of amides is 2. The summed E-state index contributed by atoms with van der Waals surface area (Å²) in [4.78, 5) is 39.8. The highest BCUT2D eigenvalue weighted by Gasteiger charge is 2.27. The number of anilines is 2. The van der Waals surface area contributed by atoms with Crippen molar-refractivity contribution >= 4 is 52.9 Å². The fraction of sp³-hybridized carbons (Fsp3) is 0.417. The summed E-state index contributed by atoms with van der Waals surface area (Å²) in [5.74, 6) is 0.501. The number of allylic oxidation sites excluding steroid dienone is 1. The monoisotopic (exact) mass is 505 g/mol. The Balaban J connectivity index is 1.92. The Kier molecular flexibility index (Phi) is 7.43. The molecule has 0 atom stereocenters. The lowest BCUT2D eigenvalue weighted by molar-refractivity contribution is -0.123. The molecule has 1 heterocycles. The van der Waals surface area contributed by atoms with Gasteiger partial charge in [0.1, 0.15) is 5.82 Å². The van der Waals surface area contributed by atoms with Crippen LogP contribution in [-0.4, -0.2) is 21.8 Å². The first-order valence-corrected chi connectivity index (χ1v) is 11.6. The van der Waals surface area contributed by atoms with E-state index in [4.69, 9.17) is 28.0 Å². The zero-order chi connectivity index (χ0) is 25.3. The van der Waals surface area contributed by atoms with E-state index in [-0.39, 0.29) is 17.8 Å². The first-order chi connectivity index (χ1) is 15.7. The summed E-state index contributed by atoms with van der Waals surface area (Å²) in [6, 6.07) is 4.89. The van der Waals surface area contributed by atoms with Crippen LogP contribution in [0.25, 0.3) is 6.08 Å². The molecule has 0 spiro atoms. The molecule has 2 amide bonds. The molecule has 0 saturated carbocycles. The molecule has 3 rings (SSSR count). The van der Waals surface area contributed by atoms with Gasteiger partial charge in [0.25, 0.3) is 0 Å². The van der Waals surface area contributed by atoms with Gasteiger partial charge < -0.3 is 10.2 Å². The number of carbonyl (C=O) groups excluding carboxylic acids is 2. The second kappa shape index (κ2) is 9.80. The van der Waals surface area contributed by atoms with Crippen molar-refractivity contribution in [1.29, 1.82) is 0 Å². The molecule has 8 nitrogen and oxygen atoms in total. The van der Waals surface area contributed by atoms with Crippen LogP contribution in [0.4, 0.5) is 11.8 Å². The van der Waals surface area contributed by atoms with Crippen LogP contribution in [0.1, 0.15) is 59.2 Å². The number of benzene rings is 1. The Hall–Kier alpha value is -2.84. The third kappa shape index (κ3) is 6.61. The molecule has 1 aromatic heterocycles. The van der Waals surface area contributed by atoms with E-state index in [0.29, 0.717) is 45.7 Å². The van der Waals surface area contributed by atoms with Gasteiger partial charge in [-0.2, -0.15) is 4.98 Å². The highest BCUT2D eigenvalue weighted by molar-refractivity contribution is 6.34. The van der Waals surface area contributed by atoms with Gasteiger partial charge in [-0.3, -0.25) is 14.9 Å². The van der Waals surface area contributed by atoms with Gasteiger partial charge in [-0.25, -0.2) is 10.5 Å².